The van der Waals surface area contributed by atoms with Gasteiger partial charge in [0.05, 0.1) is 18.2 Å². The number of rotatable bonds is 7. The average Bonchev–Trinajstić information content (AvgIpc) is 3.46. The Morgan fingerprint density at radius 3 is 2.69 bits per heavy atom. The van der Waals surface area contributed by atoms with Crippen LogP contribution in [0.1, 0.15) is 18.1 Å². The summed E-state index contributed by atoms with van der Waals surface area (Å²) < 4.78 is 34.4. The molecule has 0 saturated carbocycles. The van der Waals surface area contributed by atoms with Gasteiger partial charge < -0.3 is 5.11 Å². The van der Waals surface area contributed by atoms with Crippen LogP contribution in [0.15, 0.2) is 59.5 Å². The highest BCUT2D eigenvalue weighted by atomic mass is 32.2. The van der Waals surface area contributed by atoms with Crippen molar-refractivity contribution in [2.75, 3.05) is 0 Å². The molecule has 7 nitrogen and oxygen atoms in total. The van der Waals surface area contributed by atoms with Gasteiger partial charge in [0.15, 0.2) is 10.2 Å². The number of hydrogen-bond donors (Lipinski definition) is 1. The molecule has 0 radical (unpaired) electrons. The van der Waals surface area contributed by atoms with Crippen molar-refractivity contribution in [1.82, 2.24) is 24.1 Å². The Labute approximate surface area is 190 Å². The summed E-state index contributed by atoms with van der Waals surface area (Å²) in [6.45, 7) is 1.64. The summed E-state index contributed by atoms with van der Waals surface area (Å²) in [7, 11) is 0. The summed E-state index contributed by atoms with van der Waals surface area (Å²) in [4.78, 5) is 8.37. The molecule has 0 aliphatic heterocycles. The summed E-state index contributed by atoms with van der Waals surface area (Å²) in [6.07, 6.45) is 2.73. The van der Waals surface area contributed by atoms with Gasteiger partial charge >= 0.3 is 0 Å². The molecule has 32 heavy (non-hydrogen) atoms. The molecular formula is C21H16F2N6OS2. The molecule has 0 unspecified atom stereocenters. The minimum Gasteiger partial charge on any atom is -0.382 e. The highest BCUT2D eigenvalue weighted by molar-refractivity contribution is 8.01. The summed E-state index contributed by atoms with van der Waals surface area (Å²) >= 11 is 2.37. The van der Waals surface area contributed by atoms with Crippen LogP contribution in [0.3, 0.4) is 0 Å². The van der Waals surface area contributed by atoms with E-state index in [9.17, 15) is 13.9 Å². The third kappa shape index (κ3) is 4.52. The van der Waals surface area contributed by atoms with Gasteiger partial charge in [-0.15, -0.1) is 0 Å². The van der Waals surface area contributed by atoms with Crippen molar-refractivity contribution in [3.63, 3.8) is 0 Å². The SMILES string of the molecule is C[C@@H](Sc1nc(-c2ccc(C#N)cc2)ns1)[C@](O)(Cn1cncn1)c1ccc(F)cc1F. The molecule has 0 aliphatic rings. The molecule has 0 amide bonds. The molecule has 4 rings (SSSR count). The van der Waals surface area contributed by atoms with Crippen LogP contribution in [0.5, 0.6) is 0 Å². The maximum Gasteiger partial charge on any atom is 0.174 e. The molecule has 0 aliphatic carbocycles. The zero-order chi connectivity index (χ0) is 22.7. The van der Waals surface area contributed by atoms with E-state index in [2.05, 4.69) is 25.5 Å². The predicted molar refractivity (Wildman–Crippen MR) is 116 cm³/mol. The van der Waals surface area contributed by atoms with Gasteiger partial charge in [-0.05, 0) is 48.8 Å². The number of aromatic nitrogens is 5. The van der Waals surface area contributed by atoms with Crippen molar-refractivity contribution in [2.24, 2.45) is 0 Å². The van der Waals surface area contributed by atoms with E-state index in [0.717, 1.165) is 29.2 Å². The first kappa shape index (κ1) is 22.0. The molecule has 0 spiro atoms. The van der Waals surface area contributed by atoms with E-state index in [1.807, 2.05) is 0 Å². The minimum absolute atomic E-state index is 0.0498. The first-order chi connectivity index (χ1) is 15.4. The summed E-state index contributed by atoms with van der Waals surface area (Å²) in [5.41, 5.74) is -0.503. The molecule has 0 bridgehead atoms. The van der Waals surface area contributed by atoms with Crippen molar-refractivity contribution < 1.29 is 13.9 Å². The first-order valence-electron chi connectivity index (χ1n) is 9.40. The Morgan fingerprint density at radius 1 is 1.25 bits per heavy atom. The molecule has 2 heterocycles. The topological polar surface area (TPSA) is 101 Å². The normalized spacial score (nSPS) is 14.0. The Bertz CT molecular complexity index is 1260. The monoisotopic (exact) mass is 470 g/mol. The van der Waals surface area contributed by atoms with E-state index in [1.165, 1.54) is 35.2 Å². The predicted octanol–water partition coefficient (Wildman–Crippen LogP) is 4.02. The van der Waals surface area contributed by atoms with Gasteiger partial charge in [-0.1, -0.05) is 17.8 Å². The van der Waals surface area contributed by atoms with Crippen molar-refractivity contribution in [3.8, 4) is 17.5 Å². The highest BCUT2D eigenvalue weighted by Gasteiger charge is 2.40. The second-order valence-corrected chi connectivity index (χ2v) is 9.31. The van der Waals surface area contributed by atoms with E-state index in [-0.39, 0.29) is 12.1 Å². The van der Waals surface area contributed by atoms with Gasteiger partial charge in [0.25, 0.3) is 0 Å². The fraction of sp³-hybridized carbons (Fsp3) is 0.190. The first-order valence-corrected chi connectivity index (χ1v) is 11.1. The lowest BCUT2D eigenvalue weighted by Gasteiger charge is -2.33. The summed E-state index contributed by atoms with van der Waals surface area (Å²) in [5, 5.41) is 23.9. The van der Waals surface area contributed by atoms with Crippen LogP contribution in [0.4, 0.5) is 8.78 Å². The lowest BCUT2D eigenvalue weighted by Crippen LogP contribution is -2.41. The third-order valence-corrected chi connectivity index (χ3v) is 6.96. The fourth-order valence-electron chi connectivity index (χ4n) is 3.15. The van der Waals surface area contributed by atoms with Crippen LogP contribution in [-0.4, -0.2) is 34.5 Å². The summed E-state index contributed by atoms with van der Waals surface area (Å²) in [5.74, 6) is -1.09. The zero-order valence-electron chi connectivity index (χ0n) is 16.7. The number of thioether (sulfide) groups is 1. The van der Waals surface area contributed by atoms with Crippen molar-refractivity contribution in [2.45, 2.75) is 28.7 Å². The molecule has 1 N–H and O–H groups in total. The van der Waals surface area contributed by atoms with Gasteiger partial charge in [0, 0.05) is 22.4 Å². The van der Waals surface area contributed by atoms with Gasteiger partial charge in [-0.3, -0.25) is 0 Å². The molecule has 0 saturated heterocycles. The van der Waals surface area contributed by atoms with Crippen molar-refractivity contribution in [3.05, 3.63) is 77.9 Å². The van der Waals surface area contributed by atoms with Crippen LogP contribution >= 0.6 is 23.3 Å². The Hall–Kier alpha value is -3.20. The number of nitriles is 1. The average molecular weight is 471 g/mol. The fourth-order valence-corrected chi connectivity index (χ4v) is 5.15. The Morgan fingerprint density at radius 2 is 2.03 bits per heavy atom. The Kier molecular flexibility index (Phi) is 6.27. The molecule has 2 aromatic carbocycles. The largest absolute Gasteiger partial charge is 0.382 e. The van der Waals surface area contributed by atoms with Crippen LogP contribution in [0.2, 0.25) is 0 Å². The minimum atomic E-state index is -1.74. The van der Waals surface area contributed by atoms with Gasteiger partial charge in [0.2, 0.25) is 0 Å². The number of aliphatic hydroxyl groups is 1. The molecule has 2 atom stereocenters. The van der Waals surface area contributed by atoms with Crippen molar-refractivity contribution >= 4 is 23.3 Å². The van der Waals surface area contributed by atoms with E-state index in [4.69, 9.17) is 5.26 Å². The van der Waals surface area contributed by atoms with Crippen LogP contribution in [0.25, 0.3) is 11.4 Å². The van der Waals surface area contributed by atoms with Crippen LogP contribution in [0, 0.1) is 23.0 Å². The molecule has 4 aromatic rings. The van der Waals surface area contributed by atoms with E-state index >= 15 is 0 Å². The van der Waals surface area contributed by atoms with Crippen LogP contribution in [-0.2, 0) is 12.1 Å². The van der Waals surface area contributed by atoms with E-state index in [0.29, 0.717) is 15.7 Å². The standard InChI is InChI=1S/C21H16F2N6OS2/c1-13(31-20-27-19(28-32-20)15-4-2-14(9-24)3-5-15)21(30,10-29-12-25-11-26-29)17-7-6-16(22)8-18(17)23/h2-8,11-13,30H,10H2,1H3/t13-,21-/m1/s1. The van der Waals surface area contributed by atoms with Gasteiger partial charge in [-0.25, -0.2) is 23.4 Å². The lowest BCUT2D eigenvalue weighted by atomic mass is 9.90. The third-order valence-electron chi connectivity index (χ3n) is 4.90. The second kappa shape index (κ2) is 9.12. The lowest BCUT2D eigenvalue weighted by molar-refractivity contribution is 0.0133. The molecule has 0 fully saturated rings. The highest BCUT2D eigenvalue weighted by Crippen LogP contribution is 2.40. The molecule has 11 heteroatoms. The number of benzene rings is 2. The molecule has 2 aromatic heterocycles. The summed E-state index contributed by atoms with van der Waals surface area (Å²) in [6, 6.07) is 12.0. The smallest absolute Gasteiger partial charge is 0.174 e. The number of nitrogens with zero attached hydrogens (tertiary/aromatic N) is 6. The number of halogens is 2. The Balaban J connectivity index is 1.62. The molecular weight excluding hydrogens is 454 g/mol. The molecule has 162 valence electrons. The van der Waals surface area contributed by atoms with E-state index in [1.54, 1.807) is 31.2 Å². The van der Waals surface area contributed by atoms with Crippen LogP contribution < -0.4 is 0 Å². The number of hydrogen-bond acceptors (Lipinski definition) is 8. The van der Waals surface area contributed by atoms with E-state index < -0.39 is 22.5 Å². The maximum atomic E-state index is 14.7. The van der Waals surface area contributed by atoms with Crippen molar-refractivity contribution in [1.29, 1.82) is 5.26 Å². The van der Waals surface area contributed by atoms with Gasteiger partial charge in [-0.2, -0.15) is 14.7 Å². The van der Waals surface area contributed by atoms with Gasteiger partial charge in [0.1, 0.15) is 29.9 Å². The second-order valence-electron chi connectivity index (χ2n) is 6.97. The maximum absolute atomic E-state index is 14.7. The quantitative estimate of drug-likeness (QED) is 0.407. The zero-order valence-corrected chi connectivity index (χ0v) is 18.3.